The molecule has 1 heterocycles. The van der Waals surface area contributed by atoms with Gasteiger partial charge >= 0.3 is 11.6 Å². The minimum atomic E-state index is -0.730. The first-order valence-corrected chi connectivity index (χ1v) is 11.7. The van der Waals surface area contributed by atoms with Crippen LogP contribution in [0.2, 0.25) is 0 Å². The van der Waals surface area contributed by atoms with Crippen LogP contribution in [0.15, 0.2) is 64.3 Å². The first kappa shape index (κ1) is 25.3. The average Bonchev–Trinajstić information content (AvgIpc) is 2.76. The van der Waals surface area contributed by atoms with Gasteiger partial charge in [0.05, 0.1) is 5.56 Å². The summed E-state index contributed by atoms with van der Waals surface area (Å²) in [6, 6.07) is 13.5. The van der Waals surface area contributed by atoms with Crippen molar-refractivity contribution >= 4 is 16.9 Å². The van der Waals surface area contributed by atoms with Crippen LogP contribution in [0.4, 0.5) is 0 Å². The van der Waals surface area contributed by atoms with Crippen LogP contribution < -0.4 is 10.4 Å². The fourth-order valence-corrected chi connectivity index (χ4v) is 4.66. The molecule has 0 atom stereocenters. The van der Waals surface area contributed by atoms with E-state index in [1.165, 1.54) is 0 Å². The van der Waals surface area contributed by atoms with Crippen LogP contribution >= 0.6 is 0 Å². The number of fused-ring (bicyclic) bond motifs is 1. The Morgan fingerprint density at radius 2 is 1.65 bits per heavy atom. The molecule has 180 valence electrons. The number of esters is 1. The Hall–Kier alpha value is -3.34. The summed E-state index contributed by atoms with van der Waals surface area (Å²) in [7, 11) is 0. The highest BCUT2D eigenvalue weighted by atomic mass is 16.6. The Bertz CT molecular complexity index is 1240. The van der Waals surface area contributed by atoms with E-state index in [-0.39, 0.29) is 5.63 Å². The van der Waals surface area contributed by atoms with Gasteiger partial charge in [-0.3, -0.25) is 0 Å². The van der Waals surface area contributed by atoms with E-state index in [1.807, 2.05) is 45.9 Å². The zero-order valence-electron chi connectivity index (χ0n) is 21.0. The van der Waals surface area contributed by atoms with Gasteiger partial charge in [-0.05, 0) is 81.5 Å². The van der Waals surface area contributed by atoms with E-state index in [1.54, 1.807) is 12.1 Å². The van der Waals surface area contributed by atoms with Crippen molar-refractivity contribution in [3.63, 3.8) is 0 Å². The van der Waals surface area contributed by atoms with Gasteiger partial charge < -0.3 is 13.9 Å². The van der Waals surface area contributed by atoms with Crippen LogP contribution in [-0.4, -0.2) is 17.2 Å². The molecule has 0 bridgehead atoms. The molecule has 0 aliphatic carbocycles. The number of carbonyl (C=O) groups excluding carboxylic acids is 1. The number of benzene rings is 2. The SMILES string of the molecule is C=CC(=O)OC(C)(C)CC(C)(C)Oc1ccc2oc(=O)c(-c3c(CC)cccc3CC)cc2c1. The van der Waals surface area contributed by atoms with Gasteiger partial charge in [-0.15, -0.1) is 0 Å². The monoisotopic (exact) mass is 462 g/mol. The van der Waals surface area contributed by atoms with Crippen LogP contribution in [0.3, 0.4) is 0 Å². The van der Waals surface area contributed by atoms with Crippen LogP contribution in [-0.2, 0) is 22.4 Å². The number of ether oxygens (including phenoxy) is 2. The van der Waals surface area contributed by atoms with E-state index in [4.69, 9.17) is 13.9 Å². The molecule has 2 aromatic carbocycles. The van der Waals surface area contributed by atoms with Crippen molar-refractivity contribution in [2.24, 2.45) is 0 Å². The molecule has 34 heavy (non-hydrogen) atoms. The first-order valence-electron chi connectivity index (χ1n) is 11.7. The molecule has 0 aliphatic heterocycles. The standard InChI is InChI=1S/C29H34O5/c1-8-19-12-11-13-20(9-2)26(19)23-17-21-16-22(14-15-24(21)32-27(23)31)33-28(4,5)18-29(6,7)34-25(30)10-3/h10-17H,3,8-9,18H2,1-2,4-7H3. The molecule has 0 amide bonds. The lowest BCUT2D eigenvalue weighted by atomic mass is 9.91. The summed E-state index contributed by atoms with van der Waals surface area (Å²) in [5.74, 6) is 0.176. The minimum absolute atomic E-state index is 0.345. The predicted octanol–water partition coefficient (Wildman–Crippen LogP) is 6.64. The molecule has 5 nitrogen and oxygen atoms in total. The summed E-state index contributed by atoms with van der Waals surface area (Å²) in [5.41, 5.74) is 2.57. The van der Waals surface area contributed by atoms with E-state index in [0.29, 0.717) is 23.3 Å². The third-order valence-electron chi connectivity index (χ3n) is 5.76. The van der Waals surface area contributed by atoms with Gasteiger partial charge in [0, 0.05) is 17.9 Å². The van der Waals surface area contributed by atoms with Crippen molar-refractivity contribution in [1.82, 2.24) is 0 Å². The van der Waals surface area contributed by atoms with E-state index in [2.05, 4.69) is 32.6 Å². The molecule has 0 fully saturated rings. The Balaban J connectivity index is 1.98. The molecule has 0 saturated carbocycles. The molecule has 0 unspecified atom stereocenters. The van der Waals surface area contributed by atoms with Crippen molar-refractivity contribution in [2.45, 2.75) is 72.0 Å². The first-order chi connectivity index (χ1) is 16.0. The zero-order valence-corrected chi connectivity index (χ0v) is 21.0. The summed E-state index contributed by atoms with van der Waals surface area (Å²) in [5, 5.41) is 0.785. The second kappa shape index (κ2) is 9.88. The summed E-state index contributed by atoms with van der Waals surface area (Å²) in [6.45, 7) is 15.2. The van der Waals surface area contributed by atoms with Crippen LogP contribution in [0.1, 0.15) is 59.1 Å². The highest BCUT2D eigenvalue weighted by molar-refractivity contribution is 5.84. The van der Waals surface area contributed by atoms with E-state index < -0.39 is 17.2 Å². The molecule has 1 aromatic heterocycles. The van der Waals surface area contributed by atoms with Gasteiger partial charge in [-0.25, -0.2) is 9.59 Å². The Morgan fingerprint density at radius 1 is 1.00 bits per heavy atom. The topological polar surface area (TPSA) is 65.7 Å². The van der Waals surface area contributed by atoms with E-state index >= 15 is 0 Å². The Labute approximate surface area is 201 Å². The summed E-state index contributed by atoms with van der Waals surface area (Å²) < 4.78 is 17.4. The molecule has 3 aromatic rings. The molecular formula is C29H34O5. The molecule has 5 heteroatoms. The van der Waals surface area contributed by atoms with Gasteiger partial charge in [-0.2, -0.15) is 0 Å². The maximum absolute atomic E-state index is 12.9. The summed E-state index contributed by atoms with van der Waals surface area (Å²) in [6.07, 6.45) is 3.27. The Kier molecular flexibility index (Phi) is 7.35. The van der Waals surface area contributed by atoms with Crippen molar-refractivity contribution in [1.29, 1.82) is 0 Å². The molecule has 0 N–H and O–H groups in total. The fourth-order valence-electron chi connectivity index (χ4n) is 4.66. The lowest BCUT2D eigenvalue weighted by Gasteiger charge is -2.34. The fraction of sp³-hybridized carbons (Fsp3) is 0.379. The number of carbonyl (C=O) groups is 1. The van der Waals surface area contributed by atoms with Crippen LogP contribution in [0, 0.1) is 0 Å². The van der Waals surface area contributed by atoms with Crippen molar-refractivity contribution in [2.75, 3.05) is 0 Å². The molecule has 0 aliphatic rings. The molecule has 3 rings (SSSR count). The number of aryl methyl sites for hydroxylation is 2. The molecule has 0 radical (unpaired) electrons. The maximum Gasteiger partial charge on any atom is 0.344 e. The van der Waals surface area contributed by atoms with Gasteiger partial charge in [0.15, 0.2) is 0 Å². The molecular weight excluding hydrogens is 428 g/mol. The smallest absolute Gasteiger partial charge is 0.344 e. The third-order valence-corrected chi connectivity index (χ3v) is 5.76. The maximum atomic E-state index is 12.9. The van der Waals surface area contributed by atoms with Crippen molar-refractivity contribution in [3.05, 3.63) is 76.7 Å². The lowest BCUT2D eigenvalue weighted by Crippen LogP contribution is -2.40. The highest BCUT2D eigenvalue weighted by Gasteiger charge is 2.33. The normalized spacial score (nSPS) is 11.9. The van der Waals surface area contributed by atoms with Crippen LogP contribution in [0.25, 0.3) is 22.1 Å². The number of rotatable bonds is 9. The lowest BCUT2D eigenvalue weighted by molar-refractivity contribution is -0.154. The largest absolute Gasteiger partial charge is 0.488 e. The van der Waals surface area contributed by atoms with Crippen molar-refractivity contribution in [3.8, 4) is 16.9 Å². The van der Waals surface area contributed by atoms with Gasteiger partial charge in [-0.1, -0.05) is 38.6 Å². The Morgan fingerprint density at radius 3 is 2.24 bits per heavy atom. The second-order valence-electron chi connectivity index (χ2n) is 9.73. The second-order valence-corrected chi connectivity index (χ2v) is 9.73. The summed E-state index contributed by atoms with van der Waals surface area (Å²) >= 11 is 0. The molecule has 0 saturated heterocycles. The highest BCUT2D eigenvalue weighted by Crippen LogP contribution is 2.33. The van der Waals surface area contributed by atoms with Gasteiger partial charge in [0.1, 0.15) is 22.5 Å². The van der Waals surface area contributed by atoms with Gasteiger partial charge in [0.25, 0.3) is 0 Å². The molecule has 0 spiro atoms. The van der Waals surface area contributed by atoms with Crippen molar-refractivity contribution < 1.29 is 18.7 Å². The van der Waals surface area contributed by atoms with E-state index in [0.717, 1.165) is 41.0 Å². The summed E-state index contributed by atoms with van der Waals surface area (Å²) in [4.78, 5) is 24.6. The number of hydrogen-bond acceptors (Lipinski definition) is 5. The zero-order chi connectivity index (χ0) is 25.1. The number of hydrogen-bond donors (Lipinski definition) is 0. The minimum Gasteiger partial charge on any atom is -0.488 e. The predicted molar refractivity (Wildman–Crippen MR) is 136 cm³/mol. The van der Waals surface area contributed by atoms with Gasteiger partial charge in [0.2, 0.25) is 0 Å². The third kappa shape index (κ3) is 5.77. The van der Waals surface area contributed by atoms with E-state index in [9.17, 15) is 9.59 Å². The average molecular weight is 463 g/mol. The quantitative estimate of drug-likeness (QED) is 0.203. The van der Waals surface area contributed by atoms with Crippen LogP contribution in [0.5, 0.6) is 5.75 Å².